The average Bonchev–Trinajstić information content (AvgIpc) is 2.60. The van der Waals surface area contributed by atoms with E-state index in [1.54, 1.807) is 0 Å². The molecule has 2 aromatic carbocycles. The number of para-hydroxylation sites is 1. The molecule has 0 heterocycles. The van der Waals surface area contributed by atoms with E-state index in [0.717, 1.165) is 17.5 Å². The van der Waals surface area contributed by atoms with E-state index in [9.17, 15) is 14.4 Å². The van der Waals surface area contributed by atoms with Crippen LogP contribution in [0.1, 0.15) is 18.1 Å². The number of nitriles is 1. The molecule has 128 valence electrons. The van der Waals surface area contributed by atoms with Gasteiger partial charge in [-0.05, 0) is 42.7 Å². The predicted octanol–water partition coefficient (Wildman–Crippen LogP) is 4.81. The van der Waals surface area contributed by atoms with Gasteiger partial charge in [-0.3, -0.25) is 4.79 Å². The molecule has 0 fully saturated rings. The van der Waals surface area contributed by atoms with Crippen LogP contribution in [0.2, 0.25) is 5.02 Å². The van der Waals surface area contributed by atoms with Gasteiger partial charge in [-0.15, -0.1) is 0 Å². The molecule has 1 amide bonds. The first-order chi connectivity index (χ1) is 12.0. The number of halogens is 2. The summed E-state index contributed by atoms with van der Waals surface area (Å²) in [5, 5.41) is 14.8. The van der Waals surface area contributed by atoms with Crippen LogP contribution in [0, 0.1) is 24.1 Å². The van der Waals surface area contributed by atoms with Crippen LogP contribution in [0.3, 0.4) is 0 Å². The van der Waals surface area contributed by atoms with Gasteiger partial charge in [-0.25, -0.2) is 4.39 Å². The van der Waals surface area contributed by atoms with Gasteiger partial charge in [0.1, 0.15) is 17.5 Å². The molecule has 0 aliphatic rings. The summed E-state index contributed by atoms with van der Waals surface area (Å²) < 4.78 is 13.2. The number of amides is 1. The van der Waals surface area contributed by atoms with Crippen LogP contribution in [0.4, 0.5) is 15.8 Å². The normalized spacial score (nSPS) is 10.9. The number of hydrogen-bond donors (Lipinski definition) is 2. The zero-order valence-corrected chi connectivity index (χ0v) is 14.6. The fourth-order valence-electron chi connectivity index (χ4n) is 2.27. The van der Waals surface area contributed by atoms with Gasteiger partial charge in [0, 0.05) is 17.6 Å². The van der Waals surface area contributed by atoms with E-state index in [0.29, 0.717) is 11.4 Å². The summed E-state index contributed by atoms with van der Waals surface area (Å²) in [6.45, 7) is 3.88. The van der Waals surface area contributed by atoms with Gasteiger partial charge in [0.2, 0.25) is 0 Å². The van der Waals surface area contributed by atoms with E-state index in [4.69, 9.17) is 11.6 Å². The summed E-state index contributed by atoms with van der Waals surface area (Å²) in [5.74, 6) is -1.06. The molecular weight excluding hydrogens is 341 g/mol. The highest BCUT2D eigenvalue weighted by molar-refractivity contribution is 6.31. The molecule has 0 saturated heterocycles. The minimum atomic E-state index is -0.541. The van der Waals surface area contributed by atoms with Crippen LogP contribution in [0.5, 0.6) is 0 Å². The molecular formula is C19H17ClFN3O. The van der Waals surface area contributed by atoms with Crippen molar-refractivity contribution >= 4 is 28.9 Å². The smallest absolute Gasteiger partial charge is 0.267 e. The highest BCUT2D eigenvalue weighted by Crippen LogP contribution is 2.22. The maximum atomic E-state index is 13.2. The highest BCUT2D eigenvalue weighted by atomic mass is 35.5. The largest absolute Gasteiger partial charge is 0.360 e. The van der Waals surface area contributed by atoms with E-state index in [1.807, 2.05) is 38.1 Å². The summed E-state index contributed by atoms with van der Waals surface area (Å²) in [5.41, 5.74) is 2.98. The summed E-state index contributed by atoms with van der Waals surface area (Å²) in [7, 11) is 0. The standard InChI is InChI=1S/C19H17ClFN3O/c1-3-13-6-4-5-12(2)18(13)24-19(25)14(10-22)11-23-15-7-8-17(21)16(20)9-15/h4-9,11,23H,3H2,1-2H3,(H,24,25)/b14-11-. The molecule has 0 spiro atoms. The number of anilines is 2. The number of benzene rings is 2. The lowest BCUT2D eigenvalue weighted by Gasteiger charge is -2.12. The Hall–Kier alpha value is -2.84. The Morgan fingerprint density at radius 1 is 1.36 bits per heavy atom. The molecule has 0 saturated carbocycles. The maximum Gasteiger partial charge on any atom is 0.267 e. The second-order valence-electron chi connectivity index (χ2n) is 5.36. The van der Waals surface area contributed by atoms with Crippen molar-refractivity contribution in [1.29, 1.82) is 5.26 Å². The molecule has 2 rings (SSSR count). The predicted molar refractivity (Wildman–Crippen MR) is 97.9 cm³/mol. The molecule has 25 heavy (non-hydrogen) atoms. The lowest BCUT2D eigenvalue weighted by Crippen LogP contribution is -2.16. The Morgan fingerprint density at radius 3 is 2.76 bits per heavy atom. The molecule has 6 heteroatoms. The molecule has 0 aromatic heterocycles. The van der Waals surface area contributed by atoms with Crippen LogP contribution in [0.25, 0.3) is 0 Å². The van der Waals surface area contributed by atoms with Gasteiger partial charge in [0.25, 0.3) is 5.91 Å². The van der Waals surface area contributed by atoms with Gasteiger partial charge < -0.3 is 10.6 Å². The molecule has 0 aliphatic carbocycles. The monoisotopic (exact) mass is 357 g/mol. The highest BCUT2D eigenvalue weighted by Gasteiger charge is 2.13. The first-order valence-corrected chi connectivity index (χ1v) is 8.05. The van der Waals surface area contributed by atoms with Crippen molar-refractivity contribution < 1.29 is 9.18 Å². The van der Waals surface area contributed by atoms with Crippen molar-refractivity contribution in [3.05, 3.63) is 70.1 Å². The summed E-state index contributed by atoms with van der Waals surface area (Å²) >= 11 is 5.70. The maximum absolute atomic E-state index is 13.2. The Kier molecular flexibility index (Phi) is 6.15. The van der Waals surface area contributed by atoms with Gasteiger partial charge in [-0.2, -0.15) is 5.26 Å². The van der Waals surface area contributed by atoms with Crippen LogP contribution < -0.4 is 10.6 Å². The minimum Gasteiger partial charge on any atom is -0.360 e. The summed E-state index contributed by atoms with van der Waals surface area (Å²) in [6.07, 6.45) is 2.03. The molecule has 2 N–H and O–H groups in total. The fraction of sp³-hybridized carbons (Fsp3) is 0.158. The lowest BCUT2D eigenvalue weighted by atomic mass is 10.1. The Bertz CT molecular complexity index is 871. The third kappa shape index (κ3) is 4.59. The van der Waals surface area contributed by atoms with Crippen molar-refractivity contribution in [2.45, 2.75) is 20.3 Å². The van der Waals surface area contributed by atoms with Gasteiger partial charge in [0.15, 0.2) is 0 Å². The summed E-state index contributed by atoms with van der Waals surface area (Å²) in [6, 6.07) is 11.6. The van der Waals surface area contributed by atoms with Gasteiger partial charge >= 0.3 is 0 Å². The lowest BCUT2D eigenvalue weighted by molar-refractivity contribution is -0.112. The van der Waals surface area contributed by atoms with Crippen molar-refractivity contribution in [3.63, 3.8) is 0 Å². The minimum absolute atomic E-state index is 0.0474. The number of carbonyl (C=O) groups is 1. The quantitative estimate of drug-likeness (QED) is 0.596. The van der Waals surface area contributed by atoms with Crippen molar-refractivity contribution in [2.75, 3.05) is 10.6 Å². The number of carbonyl (C=O) groups excluding carboxylic acids is 1. The number of aryl methyl sites for hydroxylation is 2. The molecule has 0 aliphatic heterocycles. The van der Waals surface area contributed by atoms with E-state index >= 15 is 0 Å². The van der Waals surface area contributed by atoms with E-state index in [2.05, 4.69) is 10.6 Å². The zero-order valence-electron chi connectivity index (χ0n) is 13.9. The number of nitrogens with one attached hydrogen (secondary N) is 2. The topological polar surface area (TPSA) is 64.9 Å². The summed E-state index contributed by atoms with van der Waals surface area (Å²) in [4.78, 5) is 12.4. The van der Waals surface area contributed by atoms with Crippen LogP contribution >= 0.6 is 11.6 Å². The molecule has 4 nitrogen and oxygen atoms in total. The molecule has 0 atom stereocenters. The first kappa shape index (κ1) is 18.5. The first-order valence-electron chi connectivity index (χ1n) is 7.68. The number of hydrogen-bond acceptors (Lipinski definition) is 3. The fourth-order valence-corrected chi connectivity index (χ4v) is 2.45. The van der Waals surface area contributed by atoms with Crippen molar-refractivity contribution in [3.8, 4) is 6.07 Å². The molecule has 0 bridgehead atoms. The molecule has 0 unspecified atom stereocenters. The third-order valence-electron chi connectivity index (χ3n) is 3.65. The average molecular weight is 358 g/mol. The van der Waals surface area contributed by atoms with Crippen LogP contribution in [-0.4, -0.2) is 5.91 Å². The van der Waals surface area contributed by atoms with Gasteiger partial charge in [-0.1, -0.05) is 36.7 Å². The molecule has 0 radical (unpaired) electrons. The Balaban J connectivity index is 2.19. The number of rotatable bonds is 5. The van der Waals surface area contributed by atoms with E-state index < -0.39 is 11.7 Å². The Morgan fingerprint density at radius 2 is 2.12 bits per heavy atom. The number of nitrogens with zero attached hydrogens (tertiary/aromatic N) is 1. The van der Waals surface area contributed by atoms with E-state index in [1.165, 1.54) is 24.4 Å². The third-order valence-corrected chi connectivity index (χ3v) is 3.94. The van der Waals surface area contributed by atoms with Crippen molar-refractivity contribution in [1.82, 2.24) is 0 Å². The second-order valence-corrected chi connectivity index (χ2v) is 5.77. The van der Waals surface area contributed by atoms with Crippen LogP contribution in [-0.2, 0) is 11.2 Å². The van der Waals surface area contributed by atoms with Crippen LogP contribution in [0.15, 0.2) is 48.2 Å². The zero-order chi connectivity index (χ0) is 18.4. The Labute approximate surface area is 150 Å². The van der Waals surface area contributed by atoms with E-state index in [-0.39, 0.29) is 10.6 Å². The van der Waals surface area contributed by atoms with Crippen molar-refractivity contribution in [2.24, 2.45) is 0 Å². The SMILES string of the molecule is CCc1cccc(C)c1NC(=O)/C(C#N)=C\Nc1ccc(F)c(Cl)c1. The van der Waals surface area contributed by atoms with Gasteiger partial charge in [0.05, 0.1) is 5.02 Å². The molecule has 2 aromatic rings. The second kappa shape index (κ2) is 8.32.